The quantitative estimate of drug-likeness (QED) is 0.821. The van der Waals surface area contributed by atoms with Gasteiger partial charge in [0.1, 0.15) is 11.6 Å². The van der Waals surface area contributed by atoms with E-state index in [0.29, 0.717) is 13.0 Å². The molecule has 1 unspecified atom stereocenters. The molecule has 108 valence electrons. The van der Waals surface area contributed by atoms with Gasteiger partial charge in [0, 0.05) is 32.1 Å². The Balaban J connectivity index is 2.07. The molecule has 1 aromatic heterocycles. The lowest BCUT2D eigenvalue weighted by Gasteiger charge is -2.24. The highest BCUT2D eigenvalue weighted by Gasteiger charge is 2.16. The van der Waals surface area contributed by atoms with Gasteiger partial charge >= 0.3 is 0 Å². The summed E-state index contributed by atoms with van der Waals surface area (Å²) >= 11 is 1.37. The zero-order valence-corrected chi connectivity index (χ0v) is 12.7. The van der Waals surface area contributed by atoms with Crippen LogP contribution in [0.3, 0.4) is 0 Å². The van der Waals surface area contributed by atoms with Crippen LogP contribution in [0.1, 0.15) is 24.4 Å². The van der Waals surface area contributed by atoms with Crippen LogP contribution in [0.2, 0.25) is 0 Å². The number of ether oxygens (including phenoxy) is 1. The van der Waals surface area contributed by atoms with Gasteiger partial charge in [-0.25, -0.2) is 9.37 Å². The Hall–Kier alpha value is -1.53. The average molecular weight is 295 g/mol. The number of methoxy groups -OCH3 is 1. The van der Waals surface area contributed by atoms with Gasteiger partial charge in [-0.15, -0.1) is 0 Å². The molecule has 0 amide bonds. The van der Waals surface area contributed by atoms with Crippen LogP contribution in [0.15, 0.2) is 24.3 Å². The molecule has 0 aliphatic heterocycles. The first-order valence-corrected chi connectivity index (χ1v) is 7.19. The van der Waals surface area contributed by atoms with E-state index in [0.717, 1.165) is 16.5 Å². The number of nitrogens with zero attached hydrogens (tertiary/aromatic N) is 3. The first kappa shape index (κ1) is 14.9. The summed E-state index contributed by atoms with van der Waals surface area (Å²) in [6.45, 7) is 2.68. The Morgan fingerprint density at radius 3 is 2.70 bits per heavy atom. The van der Waals surface area contributed by atoms with E-state index in [1.54, 1.807) is 19.2 Å². The molecule has 0 N–H and O–H groups in total. The van der Waals surface area contributed by atoms with Crippen LogP contribution in [0, 0.1) is 5.82 Å². The fourth-order valence-corrected chi connectivity index (χ4v) is 2.57. The monoisotopic (exact) mass is 295 g/mol. The summed E-state index contributed by atoms with van der Waals surface area (Å²) in [5.74, 6) is 0.575. The molecule has 0 fully saturated rings. The number of hydrogen-bond acceptors (Lipinski definition) is 5. The van der Waals surface area contributed by atoms with Crippen LogP contribution >= 0.6 is 11.5 Å². The standard InChI is InChI=1S/C14H18FN3OS/c1-10(11-4-6-12(15)7-5-11)18(2)14-16-13(17-20-14)8-9-19-3/h4-7,10H,8-9H2,1-3H3. The number of hydrogen-bond donors (Lipinski definition) is 0. The van der Waals surface area contributed by atoms with Crippen LogP contribution in [0.4, 0.5) is 9.52 Å². The van der Waals surface area contributed by atoms with Crippen molar-refractivity contribution in [3.05, 3.63) is 41.5 Å². The summed E-state index contributed by atoms with van der Waals surface area (Å²) in [7, 11) is 3.63. The van der Waals surface area contributed by atoms with Gasteiger partial charge in [0.2, 0.25) is 5.13 Å². The molecule has 2 rings (SSSR count). The van der Waals surface area contributed by atoms with Crippen LogP contribution in [-0.4, -0.2) is 30.1 Å². The lowest BCUT2D eigenvalue weighted by Crippen LogP contribution is -2.21. The predicted molar refractivity (Wildman–Crippen MR) is 78.7 cm³/mol. The van der Waals surface area contributed by atoms with Crippen LogP contribution in [-0.2, 0) is 11.2 Å². The Bertz CT molecular complexity index is 544. The van der Waals surface area contributed by atoms with Gasteiger partial charge in [-0.05, 0) is 24.6 Å². The highest BCUT2D eigenvalue weighted by molar-refractivity contribution is 7.09. The minimum absolute atomic E-state index is 0.110. The second-order valence-corrected chi connectivity index (χ2v) is 5.30. The molecule has 0 radical (unpaired) electrons. The SMILES string of the molecule is COCCc1nsc(N(C)C(C)c2ccc(F)cc2)n1. The summed E-state index contributed by atoms with van der Waals surface area (Å²) in [6.07, 6.45) is 0.714. The maximum absolute atomic E-state index is 13.0. The lowest BCUT2D eigenvalue weighted by atomic mass is 10.1. The van der Waals surface area contributed by atoms with Gasteiger partial charge in [-0.2, -0.15) is 4.37 Å². The third kappa shape index (κ3) is 3.52. The van der Waals surface area contributed by atoms with E-state index >= 15 is 0 Å². The lowest BCUT2D eigenvalue weighted by molar-refractivity contribution is 0.201. The number of benzene rings is 1. The van der Waals surface area contributed by atoms with Crippen molar-refractivity contribution < 1.29 is 9.13 Å². The van der Waals surface area contributed by atoms with E-state index in [-0.39, 0.29) is 11.9 Å². The highest BCUT2D eigenvalue weighted by atomic mass is 32.1. The minimum Gasteiger partial charge on any atom is -0.384 e. The molecule has 2 aromatic rings. The smallest absolute Gasteiger partial charge is 0.205 e. The second kappa shape index (κ2) is 6.76. The van der Waals surface area contributed by atoms with E-state index in [9.17, 15) is 4.39 Å². The average Bonchev–Trinajstić information content (AvgIpc) is 2.93. The van der Waals surface area contributed by atoms with Gasteiger partial charge in [-0.3, -0.25) is 0 Å². The Morgan fingerprint density at radius 1 is 1.35 bits per heavy atom. The van der Waals surface area contributed by atoms with Crippen LogP contribution in [0.25, 0.3) is 0 Å². The van der Waals surface area contributed by atoms with Crippen molar-refractivity contribution in [2.75, 3.05) is 25.7 Å². The predicted octanol–water partition coefficient (Wildman–Crippen LogP) is 3.06. The van der Waals surface area contributed by atoms with Crippen molar-refractivity contribution >= 4 is 16.7 Å². The van der Waals surface area contributed by atoms with Gasteiger partial charge in [-0.1, -0.05) is 12.1 Å². The van der Waals surface area contributed by atoms with Crippen LogP contribution in [0.5, 0.6) is 0 Å². The Kier molecular flexibility index (Phi) is 5.03. The number of rotatable bonds is 6. The molecule has 1 atom stereocenters. The van der Waals surface area contributed by atoms with E-state index in [2.05, 4.69) is 16.3 Å². The maximum atomic E-state index is 13.0. The summed E-state index contributed by atoms with van der Waals surface area (Å²) < 4.78 is 22.3. The van der Waals surface area contributed by atoms with Gasteiger partial charge < -0.3 is 9.64 Å². The molecule has 6 heteroatoms. The third-order valence-corrected chi connectivity index (χ3v) is 4.07. The Morgan fingerprint density at radius 2 is 2.05 bits per heavy atom. The normalized spacial score (nSPS) is 12.4. The summed E-state index contributed by atoms with van der Waals surface area (Å²) in [4.78, 5) is 6.53. The molecule has 0 saturated carbocycles. The fourth-order valence-electron chi connectivity index (χ4n) is 1.81. The highest BCUT2D eigenvalue weighted by Crippen LogP contribution is 2.26. The van der Waals surface area contributed by atoms with Crippen molar-refractivity contribution in [2.24, 2.45) is 0 Å². The van der Waals surface area contributed by atoms with Gasteiger partial charge in [0.15, 0.2) is 0 Å². The number of aromatic nitrogens is 2. The summed E-state index contributed by atoms with van der Waals surface area (Å²) in [6, 6.07) is 6.65. The molecule has 0 saturated heterocycles. The van der Waals surface area contributed by atoms with Crippen molar-refractivity contribution in [3.63, 3.8) is 0 Å². The third-order valence-electron chi connectivity index (χ3n) is 3.22. The topological polar surface area (TPSA) is 38.2 Å². The van der Waals surface area contributed by atoms with Crippen molar-refractivity contribution in [1.29, 1.82) is 0 Å². The minimum atomic E-state index is -0.221. The zero-order valence-electron chi connectivity index (χ0n) is 11.8. The molecule has 0 aliphatic carbocycles. The van der Waals surface area contributed by atoms with Crippen molar-refractivity contribution in [3.8, 4) is 0 Å². The molecule has 20 heavy (non-hydrogen) atoms. The molecular weight excluding hydrogens is 277 g/mol. The first-order valence-electron chi connectivity index (χ1n) is 6.41. The molecular formula is C14H18FN3OS. The van der Waals surface area contributed by atoms with E-state index in [1.807, 2.05) is 11.9 Å². The van der Waals surface area contributed by atoms with Gasteiger partial charge in [0.05, 0.1) is 12.6 Å². The summed E-state index contributed by atoms with van der Waals surface area (Å²) in [5.41, 5.74) is 1.04. The zero-order chi connectivity index (χ0) is 14.5. The van der Waals surface area contributed by atoms with E-state index in [4.69, 9.17) is 4.74 Å². The molecule has 1 heterocycles. The first-order chi connectivity index (χ1) is 9.61. The van der Waals surface area contributed by atoms with Crippen molar-refractivity contribution in [1.82, 2.24) is 9.36 Å². The molecule has 1 aromatic carbocycles. The number of halogens is 1. The largest absolute Gasteiger partial charge is 0.384 e. The van der Waals surface area contributed by atoms with E-state index in [1.165, 1.54) is 23.7 Å². The molecule has 4 nitrogen and oxygen atoms in total. The Labute approximate surface area is 122 Å². The number of anilines is 1. The fraction of sp³-hybridized carbons (Fsp3) is 0.429. The molecule has 0 aliphatic rings. The molecule has 0 bridgehead atoms. The second-order valence-electron chi connectivity index (χ2n) is 4.57. The molecule has 0 spiro atoms. The van der Waals surface area contributed by atoms with Gasteiger partial charge in [0.25, 0.3) is 0 Å². The maximum Gasteiger partial charge on any atom is 0.205 e. The van der Waals surface area contributed by atoms with Crippen LogP contribution < -0.4 is 4.90 Å². The summed E-state index contributed by atoms with van der Waals surface area (Å²) in [5, 5.41) is 0.855. The van der Waals surface area contributed by atoms with E-state index < -0.39 is 0 Å². The van der Waals surface area contributed by atoms with Crippen molar-refractivity contribution in [2.45, 2.75) is 19.4 Å².